The van der Waals surface area contributed by atoms with Crippen LogP contribution in [0.3, 0.4) is 0 Å². The van der Waals surface area contributed by atoms with Crippen LogP contribution in [0.25, 0.3) is 10.9 Å². The van der Waals surface area contributed by atoms with Gasteiger partial charge in [0.2, 0.25) is 0 Å². The summed E-state index contributed by atoms with van der Waals surface area (Å²) in [5, 5.41) is 17.1. The molecule has 24 heavy (non-hydrogen) atoms. The number of nitrogens with zero attached hydrogens (tertiary/aromatic N) is 2. The fourth-order valence-corrected chi connectivity index (χ4v) is 4.26. The molecule has 0 bridgehead atoms. The van der Waals surface area contributed by atoms with Crippen molar-refractivity contribution in [1.29, 1.82) is 0 Å². The normalized spacial score (nSPS) is 20.4. The Morgan fingerprint density at radius 1 is 1.38 bits per heavy atom. The summed E-state index contributed by atoms with van der Waals surface area (Å²) in [6.45, 7) is 2.02. The predicted molar refractivity (Wildman–Crippen MR) is 95.5 cm³/mol. The molecular weight excluding hydrogens is 322 g/mol. The summed E-state index contributed by atoms with van der Waals surface area (Å²) < 4.78 is 0. The maximum Gasteiger partial charge on any atom is 0.319 e. The number of aromatic amines is 1. The Labute approximate surface area is 143 Å². The molecule has 3 N–H and O–H groups in total. The number of urea groups is 1. The van der Waals surface area contributed by atoms with Crippen LogP contribution in [0.15, 0.2) is 29.8 Å². The molecule has 7 heteroatoms. The lowest BCUT2D eigenvalue weighted by Crippen LogP contribution is -2.36. The number of rotatable bonds is 3. The minimum absolute atomic E-state index is 0.162. The van der Waals surface area contributed by atoms with Crippen LogP contribution in [-0.4, -0.2) is 27.3 Å². The summed E-state index contributed by atoms with van der Waals surface area (Å²) in [6.07, 6.45) is 4.75. The number of carbonyl (C=O) groups is 1. The first-order valence-electron chi connectivity index (χ1n) is 8.10. The van der Waals surface area contributed by atoms with Crippen LogP contribution in [-0.2, 0) is 0 Å². The van der Waals surface area contributed by atoms with Gasteiger partial charge < -0.3 is 10.6 Å². The summed E-state index contributed by atoms with van der Waals surface area (Å²) in [5.74, 6) is 0.464. The highest BCUT2D eigenvalue weighted by Gasteiger charge is 2.28. The van der Waals surface area contributed by atoms with E-state index >= 15 is 0 Å². The second kappa shape index (κ2) is 6.24. The number of amides is 2. The molecule has 124 valence electrons. The molecule has 2 atom stereocenters. The highest BCUT2D eigenvalue weighted by Crippen LogP contribution is 2.36. The van der Waals surface area contributed by atoms with Crippen LogP contribution in [0, 0.1) is 6.92 Å². The van der Waals surface area contributed by atoms with Crippen molar-refractivity contribution in [3.63, 3.8) is 0 Å². The van der Waals surface area contributed by atoms with Crippen molar-refractivity contribution in [2.45, 2.75) is 38.1 Å². The van der Waals surface area contributed by atoms with Crippen molar-refractivity contribution in [2.75, 3.05) is 5.32 Å². The predicted octanol–water partition coefficient (Wildman–Crippen LogP) is 3.79. The number of hydrogen-bond donors (Lipinski definition) is 3. The van der Waals surface area contributed by atoms with Gasteiger partial charge in [0.15, 0.2) is 0 Å². The minimum atomic E-state index is -0.162. The smallest absolute Gasteiger partial charge is 0.319 e. The first-order chi connectivity index (χ1) is 11.7. The Bertz CT molecular complexity index is 871. The van der Waals surface area contributed by atoms with Crippen molar-refractivity contribution in [2.24, 2.45) is 0 Å². The lowest BCUT2D eigenvalue weighted by atomic mass is 10.1. The van der Waals surface area contributed by atoms with Gasteiger partial charge in [0.05, 0.1) is 22.4 Å². The van der Waals surface area contributed by atoms with Crippen LogP contribution in [0.2, 0.25) is 0 Å². The van der Waals surface area contributed by atoms with Crippen molar-refractivity contribution in [3.8, 4) is 0 Å². The van der Waals surface area contributed by atoms with Gasteiger partial charge in [0.1, 0.15) is 0 Å². The molecule has 0 aliphatic heterocycles. The van der Waals surface area contributed by atoms with E-state index in [1.807, 2.05) is 25.1 Å². The van der Waals surface area contributed by atoms with Gasteiger partial charge in [-0.05, 0) is 38.3 Å². The fourth-order valence-electron chi connectivity index (χ4n) is 3.32. The molecule has 2 amide bonds. The van der Waals surface area contributed by atoms with E-state index < -0.39 is 0 Å². The third-order valence-corrected chi connectivity index (χ3v) is 5.61. The molecule has 2 heterocycles. The van der Waals surface area contributed by atoms with Gasteiger partial charge >= 0.3 is 6.03 Å². The first kappa shape index (κ1) is 15.1. The lowest BCUT2D eigenvalue weighted by molar-refractivity contribution is 0.248. The van der Waals surface area contributed by atoms with Gasteiger partial charge in [-0.2, -0.15) is 5.10 Å². The van der Waals surface area contributed by atoms with Gasteiger partial charge in [-0.3, -0.25) is 5.10 Å². The highest BCUT2D eigenvalue weighted by molar-refractivity contribution is 7.09. The van der Waals surface area contributed by atoms with E-state index in [0.29, 0.717) is 5.92 Å². The second-order valence-corrected chi connectivity index (χ2v) is 7.16. The van der Waals surface area contributed by atoms with E-state index in [4.69, 9.17) is 0 Å². The number of hydrogen-bond acceptors (Lipinski definition) is 4. The Morgan fingerprint density at radius 2 is 2.29 bits per heavy atom. The molecule has 1 aromatic carbocycles. The van der Waals surface area contributed by atoms with Crippen molar-refractivity contribution >= 4 is 34.0 Å². The van der Waals surface area contributed by atoms with E-state index in [1.54, 1.807) is 17.5 Å². The zero-order valence-electron chi connectivity index (χ0n) is 13.4. The number of aryl methyl sites for hydroxylation is 1. The van der Waals surface area contributed by atoms with E-state index in [-0.39, 0.29) is 12.1 Å². The number of carbonyl (C=O) groups excluding carboxylic acids is 1. The summed E-state index contributed by atoms with van der Waals surface area (Å²) >= 11 is 1.72. The van der Waals surface area contributed by atoms with Gasteiger partial charge in [0.25, 0.3) is 0 Å². The summed E-state index contributed by atoms with van der Waals surface area (Å²) in [5.41, 5.74) is 2.76. The maximum atomic E-state index is 12.3. The molecular formula is C17H19N5OS. The summed E-state index contributed by atoms with van der Waals surface area (Å²) in [4.78, 5) is 16.9. The Hall–Kier alpha value is -2.41. The van der Waals surface area contributed by atoms with Crippen LogP contribution in [0.5, 0.6) is 0 Å². The minimum Gasteiger partial charge on any atom is -0.335 e. The third kappa shape index (κ3) is 2.99. The molecule has 3 aromatic rings. The molecule has 4 rings (SSSR count). The van der Waals surface area contributed by atoms with Crippen molar-refractivity contribution in [1.82, 2.24) is 20.5 Å². The first-order valence-corrected chi connectivity index (χ1v) is 8.98. The van der Waals surface area contributed by atoms with Crippen LogP contribution in [0.1, 0.15) is 35.9 Å². The third-order valence-electron chi connectivity index (χ3n) is 4.49. The van der Waals surface area contributed by atoms with Gasteiger partial charge in [-0.25, -0.2) is 9.78 Å². The number of aromatic nitrogens is 3. The average Bonchev–Trinajstić information content (AvgIpc) is 3.27. The van der Waals surface area contributed by atoms with E-state index in [1.165, 1.54) is 5.01 Å². The van der Waals surface area contributed by atoms with Crippen molar-refractivity contribution in [3.05, 3.63) is 40.5 Å². The zero-order chi connectivity index (χ0) is 16.5. The quantitative estimate of drug-likeness (QED) is 0.678. The van der Waals surface area contributed by atoms with Crippen LogP contribution in [0.4, 0.5) is 10.5 Å². The topological polar surface area (TPSA) is 82.7 Å². The zero-order valence-corrected chi connectivity index (χ0v) is 14.2. The average molecular weight is 341 g/mol. The monoisotopic (exact) mass is 341 g/mol. The summed E-state index contributed by atoms with van der Waals surface area (Å²) in [7, 11) is 0. The molecule has 0 radical (unpaired) electrons. The SMILES string of the molecule is Cc1csc(C2CCC(NC(=O)Nc3cccc4[nH]ncc34)C2)n1. The Balaban J connectivity index is 1.37. The summed E-state index contributed by atoms with van der Waals surface area (Å²) in [6, 6.07) is 5.75. The number of benzene rings is 1. The maximum absolute atomic E-state index is 12.3. The molecule has 0 saturated heterocycles. The van der Waals surface area contributed by atoms with Crippen LogP contribution < -0.4 is 10.6 Å². The Kier molecular flexibility index (Phi) is 3.93. The van der Waals surface area contributed by atoms with Gasteiger partial charge in [-0.1, -0.05) is 6.07 Å². The highest BCUT2D eigenvalue weighted by atomic mass is 32.1. The van der Waals surface area contributed by atoms with E-state index in [9.17, 15) is 4.79 Å². The molecule has 2 aromatic heterocycles. The van der Waals surface area contributed by atoms with Gasteiger partial charge in [0, 0.05) is 28.4 Å². The Morgan fingerprint density at radius 3 is 3.12 bits per heavy atom. The largest absolute Gasteiger partial charge is 0.335 e. The standard InChI is InChI=1S/C17H19N5OS/c1-10-9-24-16(19-10)11-5-6-12(7-11)20-17(23)21-14-3-2-4-15-13(14)8-18-22-15/h2-4,8-9,11-12H,5-7H2,1H3,(H,18,22)(H2,20,21,23). The number of thiazole rings is 1. The van der Waals surface area contributed by atoms with E-state index in [0.717, 1.165) is 41.5 Å². The number of H-pyrrole nitrogens is 1. The number of fused-ring (bicyclic) bond motifs is 1. The fraction of sp³-hybridized carbons (Fsp3) is 0.353. The number of anilines is 1. The molecule has 1 aliphatic rings. The number of nitrogens with one attached hydrogen (secondary N) is 3. The van der Waals surface area contributed by atoms with E-state index in [2.05, 4.69) is 31.2 Å². The molecule has 1 fully saturated rings. The van der Waals surface area contributed by atoms with Crippen LogP contribution >= 0.6 is 11.3 Å². The molecule has 1 saturated carbocycles. The molecule has 0 spiro atoms. The van der Waals surface area contributed by atoms with Crippen molar-refractivity contribution < 1.29 is 4.79 Å². The molecule has 2 unspecified atom stereocenters. The van der Waals surface area contributed by atoms with Gasteiger partial charge in [-0.15, -0.1) is 11.3 Å². The lowest BCUT2D eigenvalue weighted by Gasteiger charge is -2.14. The molecule has 1 aliphatic carbocycles. The second-order valence-electron chi connectivity index (χ2n) is 6.27. The molecule has 6 nitrogen and oxygen atoms in total.